The highest BCUT2D eigenvalue weighted by Gasteiger charge is 2.25. The molecule has 0 atom stereocenters. The fraction of sp³-hybridized carbons (Fsp3) is 0.300. The van der Waals surface area contributed by atoms with E-state index in [2.05, 4.69) is 15.3 Å². The van der Waals surface area contributed by atoms with Crippen molar-refractivity contribution in [1.29, 1.82) is 0 Å². The molecule has 0 radical (unpaired) electrons. The van der Waals surface area contributed by atoms with Crippen LogP contribution in [0, 0.1) is 21.7 Å². The second-order valence-electron chi connectivity index (χ2n) is 3.58. The van der Waals surface area contributed by atoms with Gasteiger partial charge in [-0.1, -0.05) is 5.11 Å². The van der Waals surface area contributed by atoms with Crippen LogP contribution in [0.15, 0.2) is 17.2 Å². The molecule has 0 aromatic heterocycles. The molecule has 0 fully saturated rings. The molecule has 1 aromatic rings. The summed E-state index contributed by atoms with van der Waals surface area (Å²) in [7, 11) is 0. The number of hydrogen-bond acceptors (Lipinski definition) is 4. The van der Waals surface area contributed by atoms with Crippen LogP contribution < -0.4 is 5.32 Å². The summed E-state index contributed by atoms with van der Waals surface area (Å²) in [6.07, 6.45) is 0.272. The quantitative estimate of drug-likeness (QED) is 0.215. The van der Waals surface area contributed by atoms with Crippen LogP contribution in [0.1, 0.15) is 16.8 Å². The van der Waals surface area contributed by atoms with Crippen LogP contribution in [0.25, 0.3) is 10.4 Å². The summed E-state index contributed by atoms with van der Waals surface area (Å²) in [5, 5.41) is 15.9. The van der Waals surface area contributed by atoms with Crippen LogP contribution in [0.3, 0.4) is 0 Å². The number of nitro benzene ring substituents is 1. The third-order valence-corrected chi connectivity index (χ3v) is 2.28. The van der Waals surface area contributed by atoms with Crippen LogP contribution in [0.2, 0.25) is 0 Å². The van der Waals surface area contributed by atoms with Gasteiger partial charge >= 0.3 is 5.69 Å². The number of benzene rings is 1. The molecular weight excluding hydrogens is 276 g/mol. The molecule has 20 heavy (non-hydrogen) atoms. The lowest BCUT2D eigenvalue weighted by atomic mass is 10.1. The maximum absolute atomic E-state index is 13.7. The van der Waals surface area contributed by atoms with E-state index in [4.69, 9.17) is 5.53 Å². The van der Waals surface area contributed by atoms with Crippen molar-refractivity contribution < 1.29 is 18.5 Å². The Kier molecular flexibility index (Phi) is 5.36. The van der Waals surface area contributed by atoms with Gasteiger partial charge in [0, 0.05) is 24.1 Å². The number of azide groups is 1. The Morgan fingerprint density at radius 1 is 1.50 bits per heavy atom. The minimum Gasteiger partial charge on any atom is -0.352 e. The SMILES string of the molecule is [N-]=[N+]=NCCCNC(=O)c1c(F)ccc([N+](=O)[O-])c1F. The van der Waals surface area contributed by atoms with Gasteiger partial charge < -0.3 is 5.32 Å². The minimum atomic E-state index is -1.53. The summed E-state index contributed by atoms with van der Waals surface area (Å²) in [5.74, 6) is -3.83. The number of nitro groups is 1. The molecule has 1 amide bonds. The van der Waals surface area contributed by atoms with E-state index >= 15 is 0 Å². The largest absolute Gasteiger partial charge is 0.352 e. The summed E-state index contributed by atoms with van der Waals surface area (Å²) in [4.78, 5) is 23.5. The number of hydrogen-bond donors (Lipinski definition) is 1. The number of amides is 1. The Bertz CT molecular complexity index is 587. The molecule has 0 aliphatic rings. The molecule has 1 rings (SSSR count). The normalized spacial score (nSPS) is 9.70. The molecule has 1 N–H and O–H groups in total. The second kappa shape index (κ2) is 7.00. The zero-order chi connectivity index (χ0) is 15.1. The van der Waals surface area contributed by atoms with E-state index in [0.29, 0.717) is 12.1 Å². The van der Waals surface area contributed by atoms with Crippen molar-refractivity contribution in [1.82, 2.24) is 5.32 Å². The molecule has 0 unspecified atom stereocenters. The Morgan fingerprint density at radius 2 is 2.20 bits per heavy atom. The van der Waals surface area contributed by atoms with Crippen LogP contribution in [-0.4, -0.2) is 23.9 Å². The van der Waals surface area contributed by atoms with Gasteiger partial charge in [0.2, 0.25) is 5.82 Å². The van der Waals surface area contributed by atoms with Crippen molar-refractivity contribution >= 4 is 11.6 Å². The fourth-order valence-corrected chi connectivity index (χ4v) is 1.38. The van der Waals surface area contributed by atoms with Gasteiger partial charge in [0.25, 0.3) is 5.91 Å². The van der Waals surface area contributed by atoms with Crippen LogP contribution in [0.4, 0.5) is 14.5 Å². The molecule has 8 nitrogen and oxygen atoms in total. The first-order valence-corrected chi connectivity index (χ1v) is 5.40. The number of carbonyl (C=O) groups excluding carboxylic acids is 1. The Labute approximate surface area is 111 Å². The van der Waals surface area contributed by atoms with Gasteiger partial charge in [-0.15, -0.1) is 0 Å². The van der Waals surface area contributed by atoms with E-state index in [1.807, 2.05) is 0 Å². The predicted molar refractivity (Wildman–Crippen MR) is 64.0 cm³/mol. The maximum atomic E-state index is 13.7. The molecule has 0 saturated carbocycles. The van der Waals surface area contributed by atoms with E-state index in [1.165, 1.54) is 0 Å². The molecule has 0 heterocycles. The molecule has 0 spiro atoms. The number of halogens is 2. The number of nitrogens with one attached hydrogen (secondary N) is 1. The summed E-state index contributed by atoms with van der Waals surface area (Å²) < 4.78 is 27.0. The molecule has 0 aliphatic carbocycles. The third kappa shape index (κ3) is 3.62. The Morgan fingerprint density at radius 3 is 2.80 bits per heavy atom. The van der Waals surface area contributed by atoms with Crippen molar-refractivity contribution in [2.75, 3.05) is 13.1 Å². The van der Waals surface area contributed by atoms with Gasteiger partial charge in [0.1, 0.15) is 11.4 Å². The molecule has 1 aromatic carbocycles. The standard InChI is InChI=1S/C10H9F2N5O3/c11-6-2-3-7(17(19)20)9(12)8(6)10(18)14-4-1-5-15-16-13/h2-3H,1,4-5H2,(H,14,18). The average molecular weight is 285 g/mol. The molecule has 0 bridgehead atoms. The van der Waals surface area contributed by atoms with Gasteiger partial charge in [-0.2, -0.15) is 4.39 Å². The lowest BCUT2D eigenvalue weighted by molar-refractivity contribution is -0.387. The van der Waals surface area contributed by atoms with Crippen LogP contribution in [0.5, 0.6) is 0 Å². The zero-order valence-electron chi connectivity index (χ0n) is 10.0. The number of nitrogens with zero attached hydrogens (tertiary/aromatic N) is 4. The van der Waals surface area contributed by atoms with E-state index in [9.17, 15) is 23.7 Å². The van der Waals surface area contributed by atoms with Crippen molar-refractivity contribution in [3.05, 3.63) is 49.9 Å². The van der Waals surface area contributed by atoms with Gasteiger partial charge in [0.05, 0.1) is 4.92 Å². The smallest absolute Gasteiger partial charge is 0.305 e. The number of rotatable bonds is 6. The Hall–Kier alpha value is -2.74. The van der Waals surface area contributed by atoms with Crippen molar-refractivity contribution in [2.24, 2.45) is 5.11 Å². The average Bonchev–Trinajstić information content (AvgIpc) is 2.38. The van der Waals surface area contributed by atoms with Gasteiger partial charge in [-0.25, -0.2) is 4.39 Å². The summed E-state index contributed by atoms with van der Waals surface area (Å²) in [6, 6.07) is 1.29. The van der Waals surface area contributed by atoms with Crippen molar-refractivity contribution in [3.63, 3.8) is 0 Å². The summed E-state index contributed by atoms with van der Waals surface area (Å²) in [6.45, 7) is 0.121. The van der Waals surface area contributed by atoms with E-state index in [1.54, 1.807) is 0 Å². The topological polar surface area (TPSA) is 121 Å². The van der Waals surface area contributed by atoms with E-state index in [0.717, 1.165) is 0 Å². The molecule has 0 aliphatic heterocycles. The lowest BCUT2D eigenvalue weighted by Crippen LogP contribution is -2.27. The molecular formula is C10H9F2N5O3. The summed E-state index contributed by atoms with van der Waals surface area (Å²) >= 11 is 0. The first kappa shape index (κ1) is 15.3. The third-order valence-electron chi connectivity index (χ3n) is 2.28. The fourth-order valence-electron chi connectivity index (χ4n) is 1.38. The molecule has 10 heteroatoms. The van der Waals surface area contributed by atoms with Crippen molar-refractivity contribution in [3.8, 4) is 0 Å². The number of carbonyl (C=O) groups is 1. The van der Waals surface area contributed by atoms with Gasteiger partial charge in [-0.05, 0) is 18.0 Å². The van der Waals surface area contributed by atoms with E-state index in [-0.39, 0.29) is 19.5 Å². The highest BCUT2D eigenvalue weighted by atomic mass is 19.1. The zero-order valence-corrected chi connectivity index (χ0v) is 10.0. The predicted octanol–water partition coefficient (Wildman–Crippen LogP) is 2.30. The van der Waals surface area contributed by atoms with E-state index < -0.39 is 33.7 Å². The lowest BCUT2D eigenvalue weighted by Gasteiger charge is -2.06. The van der Waals surface area contributed by atoms with Crippen LogP contribution in [-0.2, 0) is 0 Å². The minimum absolute atomic E-state index is 0.0133. The molecule has 0 saturated heterocycles. The summed E-state index contributed by atoms with van der Waals surface area (Å²) in [5.41, 5.74) is 6.02. The Balaban J connectivity index is 2.84. The van der Waals surface area contributed by atoms with Gasteiger partial charge in [0.15, 0.2) is 0 Å². The highest BCUT2D eigenvalue weighted by Crippen LogP contribution is 2.22. The van der Waals surface area contributed by atoms with Crippen molar-refractivity contribution in [2.45, 2.75) is 6.42 Å². The van der Waals surface area contributed by atoms with Crippen LogP contribution >= 0.6 is 0 Å². The maximum Gasteiger partial charge on any atom is 0.305 e. The first-order chi connectivity index (χ1) is 9.49. The van der Waals surface area contributed by atoms with Gasteiger partial charge in [-0.3, -0.25) is 14.9 Å². The first-order valence-electron chi connectivity index (χ1n) is 5.40. The highest BCUT2D eigenvalue weighted by molar-refractivity contribution is 5.95. The monoisotopic (exact) mass is 285 g/mol. The molecule has 106 valence electrons. The second-order valence-corrected chi connectivity index (χ2v) is 3.58.